The molecule has 20 rings (SSSR count). The van der Waals surface area contributed by atoms with Crippen molar-refractivity contribution in [2.45, 2.75) is 10.8 Å². The van der Waals surface area contributed by atoms with E-state index in [4.69, 9.17) is 39.4 Å². The van der Waals surface area contributed by atoms with Gasteiger partial charge in [0.25, 0.3) is 0 Å². The number of para-hydroxylation sites is 4. The standard InChI is InChI=1S/C90H54N6O2/c1-3-24-56(25-4-1)63-30-7-8-35-68(63)86-93-84(94-88(96-86)70-37-23-45-78-82(70)98-80-47-20-18-43-76(80)90(78)73-40-15-11-33-66(73)67-34-12-16-41-74(67)90)60-29-21-28-58(52-60)59-50-48-55-49-51-61(54-62(55)53-59)85-91-83(57-26-5-2-6-27-57)92-87(95-85)69-36-22-44-77-81(69)97-79-46-19-17-42-75(79)89(77)71-38-13-9-31-64(71)65-32-10-14-39-72(65)89/h1-54H. The number of hydrogen-bond acceptors (Lipinski definition) is 8. The van der Waals surface area contributed by atoms with Crippen molar-refractivity contribution in [2.24, 2.45) is 0 Å². The summed E-state index contributed by atoms with van der Waals surface area (Å²) in [6.07, 6.45) is 0. The molecule has 98 heavy (non-hydrogen) atoms. The van der Waals surface area contributed by atoms with Crippen LogP contribution in [0.1, 0.15) is 44.5 Å². The van der Waals surface area contributed by atoms with Gasteiger partial charge in [-0.1, -0.05) is 285 Å². The lowest BCUT2D eigenvalue weighted by Crippen LogP contribution is -2.32. The van der Waals surface area contributed by atoms with Crippen LogP contribution in [0.4, 0.5) is 0 Å². The van der Waals surface area contributed by atoms with Gasteiger partial charge in [0, 0.05) is 44.5 Å². The molecule has 8 nitrogen and oxygen atoms in total. The van der Waals surface area contributed by atoms with Crippen LogP contribution in [0.15, 0.2) is 328 Å². The zero-order chi connectivity index (χ0) is 64.5. The van der Waals surface area contributed by atoms with E-state index in [1.54, 1.807) is 0 Å². The summed E-state index contributed by atoms with van der Waals surface area (Å²) in [4.78, 5) is 32.4. The van der Waals surface area contributed by atoms with Crippen molar-refractivity contribution >= 4 is 10.8 Å². The third kappa shape index (κ3) is 8.25. The molecule has 14 aromatic carbocycles. The molecule has 456 valence electrons. The van der Waals surface area contributed by atoms with E-state index in [9.17, 15) is 0 Å². The van der Waals surface area contributed by atoms with Gasteiger partial charge in [0.05, 0.1) is 22.0 Å². The van der Waals surface area contributed by atoms with E-state index in [2.05, 4.69) is 285 Å². The van der Waals surface area contributed by atoms with Crippen LogP contribution in [0, 0.1) is 0 Å². The Kier molecular flexibility index (Phi) is 12.3. The Bertz CT molecular complexity index is 5900. The molecular weight excluding hydrogens is 1200 g/mol. The summed E-state index contributed by atoms with van der Waals surface area (Å²) >= 11 is 0. The largest absolute Gasteiger partial charge is 0.456 e. The van der Waals surface area contributed by atoms with Crippen molar-refractivity contribution in [1.29, 1.82) is 0 Å². The van der Waals surface area contributed by atoms with Gasteiger partial charge in [-0.3, -0.25) is 0 Å². The molecule has 0 saturated carbocycles. The molecular formula is C90H54N6O2. The number of fused-ring (bicyclic) bond motifs is 19. The SMILES string of the molecule is c1ccc(-c2nc(-c3ccc4ccc(-c5cccc(-c6nc(-c7ccccc7-c7ccccc7)nc(-c7cccc8c7Oc7ccccc7C87c8ccccc8-c8ccccc87)n6)c5)cc4c3)nc(-c3cccc4c3Oc3ccccc3C43c4ccccc4-c4ccccc43)n2)cc1. The second kappa shape index (κ2) is 21.8. The minimum Gasteiger partial charge on any atom is -0.456 e. The van der Waals surface area contributed by atoms with Crippen LogP contribution >= 0.6 is 0 Å². The van der Waals surface area contributed by atoms with E-state index in [0.29, 0.717) is 40.7 Å². The summed E-state index contributed by atoms with van der Waals surface area (Å²) in [7, 11) is 0. The van der Waals surface area contributed by atoms with Crippen molar-refractivity contribution < 1.29 is 9.47 Å². The van der Waals surface area contributed by atoms with Crippen molar-refractivity contribution in [3.05, 3.63) is 372 Å². The zero-order valence-corrected chi connectivity index (χ0v) is 52.7. The van der Waals surface area contributed by atoms with E-state index >= 15 is 0 Å². The lowest BCUT2D eigenvalue weighted by molar-refractivity contribution is 0.437. The van der Waals surface area contributed by atoms with Gasteiger partial charge in [0.15, 0.2) is 34.9 Å². The second-order valence-corrected chi connectivity index (χ2v) is 25.5. The quantitative estimate of drug-likeness (QED) is 0.148. The van der Waals surface area contributed by atoms with E-state index in [1.165, 1.54) is 44.5 Å². The third-order valence-electron chi connectivity index (χ3n) is 20.3. The molecule has 0 bridgehead atoms. The van der Waals surface area contributed by atoms with E-state index in [-0.39, 0.29) is 0 Å². The molecule has 2 aliphatic heterocycles. The average molecular weight is 1250 g/mol. The Balaban J connectivity index is 0.719. The first-order valence-electron chi connectivity index (χ1n) is 33.1. The second-order valence-electron chi connectivity index (χ2n) is 25.5. The van der Waals surface area contributed by atoms with Gasteiger partial charge in [-0.2, -0.15) is 0 Å². The summed E-state index contributed by atoms with van der Waals surface area (Å²) in [6, 6.07) is 115. The monoisotopic (exact) mass is 1250 g/mol. The lowest BCUT2D eigenvalue weighted by atomic mass is 9.66. The van der Waals surface area contributed by atoms with Gasteiger partial charge in [-0.15, -0.1) is 0 Å². The van der Waals surface area contributed by atoms with Crippen LogP contribution in [0.2, 0.25) is 0 Å². The van der Waals surface area contributed by atoms with Crippen LogP contribution in [0.25, 0.3) is 124 Å². The fraction of sp³-hybridized carbons (Fsp3) is 0.0222. The van der Waals surface area contributed by atoms with Crippen LogP contribution in [0.5, 0.6) is 23.0 Å². The number of aromatic nitrogens is 6. The molecule has 0 atom stereocenters. The lowest BCUT2D eigenvalue weighted by Gasteiger charge is -2.39. The zero-order valence-electron chi connectivity index (χ0n) is 52.7. The molecule has 2 aliphatic carbocycles. The summed E-state index contributed by atoms with van der Waals surface area (Å²) in [6.45, 7) is 0. The number of nitrogens with zero attached hydrogens (tertiary/aromatic N) is 6. The Morgan fingerprint density at radius 3 is 1.02 bits per heavy atom. The minimum atomic E-state index is -0.673. The van der Waals surface area contributed by atoms with Crippen LogP contribution in [-0.2, 0) is 10.8 Å². The summed E-state index contributed by atoms with van der Waals surface area (Å²) in [5, 5.41) is 2.10. The molecule has 0 unspecified atom stereocenters. The van der Waals surface area contributed by atoms with Gasteiger partial charge < -0.3 is 9.47 Å². The minimum absolute atomic E-state index is 0.499. The van der Waals surface area contributed by atoms with Gasteiger partial charge in [0.1, 0.15) is 23.0 Å². The van der Waals surface area contributed by atoms with Gasteiger partial charge in [0.2, 0.25) is 0 Å². The molecule has 16 aromatic rings. The smallest absolute Gasteiger partial charge is 0.167 e. The van der Waals surface area contributed by atoms with Gasteiger partial charge in [-0.05, 0) is 120 Å². The van der Waals surface area contributed by atoms with Crippen LogP contribution < -0.4 is 9.47 Å². The highest BCUT2D eigenvalue weighted by atomic mass is 16.5. The molecule has 4 heterocycles. The van der Waals surface area contributed by atoms with Gasteiger partial charge in [-0.25, -0.2) is 29.9 Å². The van der Waals surface area contributed by atoms with Crippen molar-refractivity contribution in [3.63, 3.8) is 0 Å². The topological polar surface area (TPSA) is 95.8 Å². The number of benzene rings is 14. The third-order valence-corrected chi connectivity index (χ3v) is 20.3. The van der Waals surface area contributed by atoms with E-state index in [1.807, 2.05) is 42.5 Å². The maximum atomic E-state index is 7.21. The molecule has 2 spiro atoms. The van der Waals surface area contributed by atoms with Crippen molar-refractivity contribution in [2.75, 3.05) is 0 Å². The van der Waals surface area contributed by atoms with Crippen molar-refractivity contribution in [3.8, 4) is 136 Å². The van der Waals surface area contributed by atoms with E-state index in [0.717, 1.165) is 106 Å². The first-order valence-corrected chi connectivity index (χ1v) is 33.1. The highest BCUT2D eigenvalue weighted by Crippen LogP contribution is 2.65. The van der Waals surface area contributed by atoms with Crippen LogP contribution in [-0.4, -0.2) is 29.9 Å². The normalized spacial score (nSPS) is 13.4. The maximum absolute atomic E-state index is 7.21. The molecule has 0 radical (unpaired) electrons. The number of hydrogen-bond donors (Lipinski definition) is 0. The first-order chi connectivity index (χ1) is 48.6. The summed E-state index contributed by atoms with van der Waals surface area (Å²) < 4.78 is 14.4. The number of rotatable bonds is 8. The average Bonchev–Trinajstić information content (AvgIpc) is 1.48. The fourth-order valence-corrected chi connectivity index (χ4v) is 16.1. The highest BCUT2D eigenvalue weighted by molar-refractivity contribution is 5.94. The number of ether oxygens (including phenoxy) is 2. The Morgan fingerprint density at radius 2 is 0.500 bits per heavy atom. The Hall–Kier alpha value is -13.0. The summed E-state index contributed by atoms with van der Waals surface area (Å²) in [5.74, 6) is 6.20. The Morgan fingerprint density at radius 1 is 0.184 bits per heavy atom. The molecule has 8 heteroatoms. The molecule has 0 fully saturated rings. The van der Waals surface area contributed by atoms with Crippen LogP contribution in [0.3, 0.4) is 0 Å². The predicted molar refractivity (Wildman–Crippen MR) is 389 cm³/mol. The van der Waals surface area contributed by atoms with E-state index < -0.39 is 10.8 Å². The molecule has 0 saturated heterocycles. The predicted octanol–water partition coefficient (Wildman–Crippen LogP) is 21.5. The maximum Gasteiger partial charge on any atom is 0.167 e. The Labute approximate surface area is 565 Å². The highest BCUT2D eigenvalue weighted by Gasteiger charge is 2.53. The molecule has 0 amide bonds. The summed E-state index contributed by atoms with van der Waals surface area (Å²) in [5.41, 5.74) is 21.7. The fourth-order valence-electron chi connectivity index (χ4n) is 16.1. The molecule has 2 aromatic heterocycles. The molecule has 0 N–H and O–H groups in total. The van der Waals surface area contributed by atoms with Gasteiger partial charge >= 0.3 is 0 Å². The first kappa shape index (κ1) is 55.4. The molecule has 4 aliphatic rings. The van der Waals surface area contributed by atoms with Crippen molar-refractivity contribution in [1.82, 2.24) is 29.9 Å².